The van der Waals surface area contributed by atoms with Crippen LogP contribution >= 0.6 is 0 Å². The molecule has 1 aliphatic rings. The van der Waals surface area contributed by atoms with E-state index in [-0.39, 0.29) is 48.9 Å². The first-order valence-electron chi connectivity index (χ1n) is 8.72. The summed E-state index contributed by atoms with van der Waals surface area (Å²) in [5.74, 6) is -1.16. The molecule has 0 radical (unpaired) electrons. The fourth-order valence-electron chi connectivity index (χ4n) is 2.72. The third-order valence-electron chi connectivity index (χ3n) is 4.03. The van der Waals surface area contributed by atoms with Gasteiger partial charge < -0.3 is 10.6 Å². The first-order chi connectivity index (χ1) is 12.7. The zero-order valence-corrected chi connectivity index (χ0v) is 16.3. The molecule has 0 spiro atoms. The average molecular weight is 400 g/mol. The molecule has 1 aromatic carbocycles. The van der Waals surface area contributed by atoms with E-state index in [0.29, 0.717) is 13.1 Å². The summed E-state index contributed by atoms with van der Waals surface area (Å²) < 4.78 is 39.7. The number of amides is 2. The predicted octanol–water partition coefficient (Wildman–Crippen LogP) is -0.227. The SMILES string of the molecule is CC(C)NC(=O)CNC(=O)CN1CCN(S(=O)(=O)c2cccc(F)c2)CC1. The maximum Gasteiger partial charge on any atom is 0.243 e. The van der Waals surface area contributed by atoms with Crippen LogP contribution in [0.25, 0.3) is 0 Å². The Bertz CT molecular complexity index is 777. The molecular weight excluding hydrogens is 375 g/mol. The van der Waals surface area contributed by atoms with Gasteiger partial charge in [0.05, 0.1) is 18.0 Å². The molecule has 0 saturated carbocycles. The number of sulfonamides is 1. The van der Waals surface area contributed by atoms with Crippen molar-refractivity contribution in [1.29, 1.82) is 0 Å². The van der Waals surface area contributed by atoms with Crippen molar-refractivity contribution < 1.29 is 22.4 Å². The van der Waals surface area contributed by atoms with Crippen LogP contribution in [0.1, 0.15) is 13.8 Å². The lowest BCUT2D eigenvalue weighted by Gasteiger charge is -2.33. The molecule has 0 aliphatic carbocycles. The van der Waals surface area contributed by atoms with Crippen molar-refractivity contribution in [2.75, 3.05) is 39.3 Å². The Morgan fingerprint density at radius 2 is 1.81 bits per heavy atom. The number of carbonyl (C=O) groups is 2. The quantitative estimate of drug-likeness (QED) is 0.659. The molecule has 2 rings (SSSR count). The molecule has 1 heterocycles. The molecule has 1 aromatic rings. The van der Waals surface area contributed by atoms with Crippen molar-refractivity contribution in [3.8, 4) is 0 Å². The first-order valence-corrected chi connectivity index (χ1v) is 10.2. The molecule has 1 fully saturated rings. The molecule has 0 aromatic heterocycles. The highest BCUT2D eigenvalue weighted by Crippen LogP contribution is 2.18. The summed E-state index contributed by atoms with van der Waals surface area (Å²) in [6.07, 6.45) is 0. The summed E-state index contributed by atoms with van der Waals surface area (Å²) in [7, 11) is -3.76. The Balaban J connectivity index is 1.81. The monoisotopic (exact) mass is 400 g/mol. The van der Waals surface area contributed by atoms with Crippen LogP contribution in [0.2, 0.25) is 0 Å². The van der Waals surface area contributed by atoms with Gasteiger partial charge in [-0.2, -0.15) is 4.31 Å². The second-order valence-electron chi connectivity index (χ2n) is 6.64. The molecule has 0 atom stereocenters. The van der Waals surface area contributed by atoms with Gasteiger partial charge in [0.2, 0.25) is 21.8 Å². The first kappa shape index (κ1) is 21.3. The van der Waals surface area contributed by atoms with Gasteiger partial charge >= 0.3 is 0 Å². The van der Waals surface area contributed by atoms with Gasteiger partial charge in [-0.3, -0.25) is 14.5 Å². The topological polar surface area (TPSA) is 98.8 Å². The minimum Gasteiger partial charge on any atom is -0.352 e. The van der Waals surface area contributed by atoms with Gasteiger partial charge in [-0.25, -0.2) is 12.8 Å². The van der Waals surface area contributed by atoms with Gasteiger partial charge in [-0.05, 0) is 32.0 Å². The molecule has 0 unspecified atom stereocenters. The fraction of sp³-hybridized carbons (Fsp3) is 0.529. The van der Waals surface area contributed by atoms with E-state index in [4.69, 9.17) is 0 Å². The maximum atomic E-state index is 13.3. The highest BCUT2D eigenvalue weighted by Gasteiger charge is 2.29. The molecule has 8 nitrogen and oxygen atoms in total. The summed E-state index contributed by atoms with van der Waals surface area (Å²) in [5.41, 5.74) is 0. The summed E-state index contributed by atoms with van der Waals surface area (Å²) in [6.45, 7) is 4.82. The highest BCUT2D eigenvalue weighted by atomic mass is 32.2. The standard InChI is InChI=1S/C17H25FN4O4S/c1-13(2)20-16(23)11-19-17(24)12-21-6-8-22(9-7-21)27(25,26)15-5-3-4-14(18)10-15/h3-5,10,13H,6-9,11-12H2,1-2H3,(H,19,24)(H,20,23). The number of hydrogen-bond acceptors (Lipinski definition) is 5. The molecule has 1 saturated heterocycles. The number of benzene rings is 1. The van der Waals surface area contributed by atoms with Gasteiger partial charge in [0.1, 0.15) is 5.82 Å². The number of carbonyl (C=O) groups excluding carboxylic acids is 2. The summed E-state index contributed by atoms with van der Waals surface area (Å²) >= 11 is 0. The molecule has 2 amide bonds. The Labute approximate surface area is 158 Å². The van der Waals surface area contributed by atoms with Crippen molar-refractivity contribution in [1.82, 2.24) is 19.8 Å². The largest absolute Gasteiger partial charge is 0.352 e. The second-order valence-corrected chi connectivity index (χ2v) is 8.57. The van der Waals surface area contributed by atoms with E-state index in [2.05, 4.69) is 10.6 Å². The summed E-state index contributed by atoms with van der Waals surface area (Å²) in [6, 6.07) is 4.91. The van der Waals surface area contributed by atoms with Gasteiger partial charge in [-0.15, -0.1) is 0 Å². The number of hydrogen-bond donors (Lipinski definition) is 2. The van der Waals surface area contributed by atoms with Crippen molar-refractivity contribution in [3.63, 3.8) is 0 Å². The van der Waals surface area contributed by atoms with Gasteiger partial charge in [0, 0.05) is 32.2 Å². The number of nitrogens with one attached hydrogen (secondary N) is 2. The summed E-state index contributed by atoms with van der Waals surface area (Å²) in [4.78, 5) is 25.2. The lowest BCUT2D eigenvalue weighted by Crippen LogP contribution is -2.51. The molecule has 10 heteroatoms. The van der Waals surface area contributed by atoms with Gasteiger partial charge in [-0.1, -0.05) is 6.07 Å². The van der Waals surface area contributed by atoms with E-state index in [1.807, 2.05) is 18.7 Å². The molecule has 150 valence electrons. The van der Waals surface area contributed by atoms with Gasteiger partial charge in [0.15, 0.2) is 0 Å². The average Bonchev–Trinajstić information content (AvgIpc) is 2.60. The predicted molar refractivity (Wildman–Crippen MR) is 97.9 cm³/mol. The van der Waals surface area contributed by atoms with Crippen LogP contribution in [-0.2, 0) is 19.6 Å². The number of nitrogens with zero attached hydrogens (tertiary/aromatic N) is 2. The van der Waals surface area contributed by atoms with Crippen LogP contribution in [0.4, 0.5) is 4.39 Å². The normalized spacial score (nSPS) is 16.3. The lowest BCUT2D eigenvalue weighted by molar-refractivity contribution is -0.127. The Morgan fingerprint density at radius 3 is 2.41 bits per heavy atom. The zero-order valence-electron chi connectivity index (χ0n) is 15.4. The molecule has 1 aliphatic heterocycles. The van der Waals surface area contributed by atoms with Crippen LogP contribution in [0.15, 0.2) is 29.2 Å². The van der Waals surface area contributed by atoms with E-state index in [0.717, 1.165) is 6.07 Å². The van der Waals surface area contributed by atoms with Crippen molar-refractivity contribution >= 4 is 21.8 Å². The van der Waals surface area contributed by atoms with E-state index < -0.39 is 15.8 Å². The second kappa shape index (κ2) is 9.25. The Hall–Kier alpha value is -2.04. The highest BCUT2D eigenvalue weighted by molar-refractivity contribution is 7.89. The minimum atomic E-state index is -3.76. The third-order valence-corrected chi connectivity index (χ3v) is 5.92. The smallest absolute Gasteiger partial charge is 0.243 e. The minimum absolute atomic E-state index is 0.00233. The van der Waals surface area contributed by atoms with Crippen molar-refractivity contribution in [3.05, 3.63) is 30.1 Å². The molecule has 0 bridgehead atoms. The van der Waals surface area contributed by atoms with Crippen molar-refractivity contribution in [2.45, 2.75) is 24.8 Å². The van der Waals surface area contributed by atoms with E-state index in [1.165, 1.54) is 22.5 Å². The summed E-state index contributed by atoms with van der Waals surface area (Å²) in [5, 5.41) is 5.22. The third kappa shape index (κ3) is 6.26. The zero-order chi connectivity index (χ0) is 20.0. The van der Waals surface area contributed by atoms with Crippen LogP contribution in [-0.4, -0.2) is 74.7 Å². The van der Waals surface area contributed by atoms with E-state index in [1.54, 1.807) is 0 Å². The van der Waals surface area contributed by atoms with Crippen LogP contribution < -0.4 is 10.6 Å². The van der Waals surface area contributed by atoms with Crippen molar-refractivity contribution in [2.24, 2.45) is 0 Å². The number of halogens is 1. The van der Waals surface area contributed by atoms with Crippen LogP contribution in [0.5, 0.6) is 0 Å². The van der Waals surface area contributed by atoms with Gasteiger partial charge in [0.25, 0.3) is 0 Å². The molecular formula is C17H25FN4O4S. The number of piperazine rings is 1. The lowest BCUT2D eigenvalue weighted by atomic mass is 10.3. The molecule has 2 N–H and O–H groups in total. The fourth-order valence-corrected chi connectivity index (χ4v) is 4.17. The number of rotatable bonds is 7. The van der Waals surface area contributed by atoms with Crippen LogP contribution in [0, 0.1) is 5.82 Å². The maximum absolute atomic E-state index is 13.3. The van der Waals surface area contributed by atoms with E-state index >= 15 is 0 Å². The Morgan fingerprint density at radius 1 is 1.15 bits per heavy atom. The van der Waals surface area contributed by atoms with Crippen LogP contribution in [0.3, 0.4) is 0 Å². The van der Waals surface area contributed by atoms with E-state index in [9.17, 15) is 22.4 Å². The molecule has 27 heavy (non-hydrogen) atoms. The Kier molecular flexibility index (Phi) is 7.28.